The third-order valence-electron chi connectivity index (χ3n) is 5.00. The number of amides is 1. The minimum Gasteiger partial charge on any atom is -0.488 e. The minimum atomic E-state index is -0.147. The number of thiophene rings is 1. The molecule has 0 spiro atoms. The van der Waals surface area contributed by atoms with Crippen molar-refractivity contribution in [3.05, 3.63) is 75.5 Å². The maximum atomic E-state index is 12.8. The van der Waals surface area contributed by atoms with E-state index in [1.165, 1.54) is 11.3 Å². The number of fused-ring (bicyclic) bond motifs is 1. The predicted octanol–water partition coefficient (Wildman–Crippen LogP) is 5.96. The Morgan fingerprint density at radius 1 is 1.13 bits per heavy atom. The predicted molar refractivity (Wildman–Crippen MR) is 123 cm³/mol. The van der Waals surface area contributed by atoms with Crippen LogP contribution in [0.1, 0.15) is 39.7 Å². The average Bonchev–Trinajstić information content (AvgIpc) is 3.33. The number of hydrogen-bond acceptors (Lipinski definition) is 4. The summed E-state index contributed by atoms with van der Waals surface area (Å²) in [5.41, 5.74) is 5.12. The van der Waals surface area contributed by atoms with Gasteiger partial charge in [0.2, 0.25) is 5.95 Å². The Balaban J connectivity index is 1.48. The Morgan fingerprint density at radius 2 is 1.90 bits per heavy atom. The summed E-state index contributed by atoms with van der Waals surface area (Å²) in [6, 6.07) is 15.9. The van der Waals surface area contributed by atoms with Crippen LogP contribution in [-0.2, 0) is 13.2 Å². The number of nitrogens with zero attached hydrogens (tertiary/aromatic N) is 2. The molecular formula is C24H25N3O2S. The summed E-state index contributed by atoms with van der Waals surface area (Å²) in [6.45, 7) is 7.43. The van der Waals surface area contributed by atoms with Crippen molar-refractivity contribution in [3.8, 4) is 5.75 Å². The lowest BCUT2D eigenvalue weighted by atomic mass is 10.1. The molecule has 0 aliphatic rings. The van der Waals surface area contributed by atoms with E-state index in [2.05, 4.69) is 21.8 Å². The summed E-state index contributed by atoms with van der Waals surface area (Å²) in [4.78, 5) is 18.1. The molecule has 0 bridgehead atoms. The van der Waals surface area contributed by atoms with E-state index in [4.69, 9.17) is 4.74 Å². The zero-order valence-electron chi connectivity index (χ0n) is 17.4. The number of para-hydroxylation sites is 3. The lowest BCUT2D eigenvalue weighted by Gasteiger charge is -2.11. The molecule has 0 saturated heterocycles. The topological polar surface area (TPSA) is 56.2 Å². The first-order valence-electron chi connectivity index (χ1n) is 10.1. The lowest BCUT2D eigenvalue weighted by molar-refractivity contribution is 0.102. The van der Waals surface area contributed by atoms with Gasteiger partial charge in [0.1, 0.15) is 12.4 Å². The highest BCUT2D eigenvalue weighted by molar-refractivity contribution is 7.12. The van der Waals surface area contributed by atoms with Crippen molar-refractivity contribution in [2.24, 2.45) is 0 Å². The Morgan fingerprint density at radius 3 is 2.67 bits per heavy atom. The van der Waals surface area contributed by atoms with Crippen LogP contribution >= 0.6 is 11.3 Å². The number of aryl methyl sites for hydroxylation is 3. The van der Waals surface area contributed by atoms with Crippen LogP contribution in [0.3, 0.4) is 0 Å². The molecule has 2 heterocycles. The van der Waals surface area contributed by atoms with Gasteiger partial charge in [-0.15, -0.1) is 11.3 Å². The monoisotopic (exact) mass is 419 g/mol. The van der Waals surface area contributed by atoms with Gasteiger partial charge in [-0.3, -0.25) is 10.1 Å². The molecule has 0 aliphatic heterocycles. The number of hydrogen-bond donors (Lipinski definition) is 1. The minimum absolute atomic E-state index is 0.147. The van der Waals surface area contributed by atoms with E-state index in [1.54, 1.807) is 0 Å². The Kier molecular flexibility index (Phi) is 5.86. The molecule has 2 aromatic carbocycles. The van der Waals surface area contributed by atoms with Crippen LogP contribution in [0.15, 0.2) is 53.9 Å². The smallest absolute Gasteiger partial charge is 0.268 e. The average molecular weight is 420 g/mol. The van der Waals surface area contributed by atoms with Gasteiger partial charge in [-0.1, -0.05) is 37.3 Å². The Labute approximate surface area is 180 Å². The van der Waals surface area contributed by atoms with E-state index in [0.29, 0.717) is 17.4 Å². The van der Waals surface area contributed by atoms with E-state index in [9.17, 15) is 4.79 Å². The Hall–Kier alpha value is -3.12. The van der Waals surface area contributed by atoms with Gasteiger partial charge >= 0.3 is 0 Å². The molecule has 0 saturated carbocycles. The van der Waals surface area contributed by atoms with Gasteiger partial charge in [-0.05, 0) is 55.0 Å². The molecule has 154 valence electrons. The molecule has 30 heavy (non-hydrogen) atoms. The van der Waals surface area contributed by atoms with Gasteiger partial charge in [0.05, 0.1) is 15.9 Å². The maximum Gasteiger partial charge on any atom is 0.268 e. The van der Waals surface area contributed by atoms with Crippen LogP contribution in [0.2, 0.25) is 0 Å². The molecule has 2 aromatic heterocycles. The molecule has 0 aliphatic carbocycles. The first-order chi connectivity index (χ1) is 14.6. The lowest BCUT2D eigenvalue weighted by Crippen LogP contribution is -2.15. The molecule has 4 rings (SSSR count). The van der Waals surface area contributed by atoms with Crippen LogP contribution in [-0.4, -0.2) is 15.5 Å². The fraction of sp³-hybridized carbons (Fsp3) is 0.250. The number of benzene rings is 2. The Bertz CT molecular complexity index is 1170. The zero-order valence-corrected chi connectivity index (χ0v) is 18.3. The van der Waals surface area contributed by atoms with Crippen LogP contribution in [0, 0.1) is 13.8 Å². The number of ether oxygens (including phenoxy) is 1. The quantitative estimate of drug-likeness (QED) is 0.402. The van der Waals surface area contributed by atoms with E-state index in [0.717, 1.165) is 46.4 Å². The standard InChI is InChI=1S/C24H25N3O2S/c1-4-12-27-20-11-6-5-10-19(20)25-24(27)26-23(28)21-13-18(15-30-21)14-29-22-16(2)8-7-9-17(22)3/h5-11,13,15H,4,12,14H2,1-3H3,(H,25,26,28). The molecule has 0 fully saturated rings. The number of aromatic nitrogens is 2. The van der Waals surface area contributed by atoms with E-state index in [-0.39, 0.29) is 5.91 Å². The van der Waals surface area contributed by atoms with Gasteiger partial charge in [0, 0.05) is 12.1 Å². The molecule has 6 heteroatoms. The molecule has 0 atom stereocenters. The second kappa shape index (κ2) is 8.71. The number of carbonyl (C=O) groups is 1. The summed E-state index contributed by atoms with van der Waals surface area (Å²) in [7, 11) is 0. The largest absolute Gasteiger partial charge is 0.488 e. The maximum absolute atomic E-state index is 12.8. The molecule has 0 radical (unpaired) electrons. The van der Waals surface area contributed by atoms with Crippen molar-refractivity contribution < 1.29 is 9.53 Å². The van der Waals surface area contributed by atoms with Crippen LogP contribution in [0.5, 0.6) is 5.75 Å². The van der Waals surface area contributed by atoms with Crippen molar-refractivity contribution >= 4 is 34.2 Å². The summed E-state index contributed by atoms with van der Waals surface area (Å²) >= 11 is 1.42. The number of imidazole rings is 1. The highest BCUT2D eigenvalue weighted by atomic mass is 32.1. The van der Waals surface area contributed by atoms with E-state index in [1.807, 2.05) is 67.8 Å². The molecule has 5 nitrogen and oxygen atoms in total. The van der Waals surface area contributed by atoms with Gasteiger partial charge in [-0.25, -0.2) is 4.98 Å². The highest BCUT2D eigenvalue weighted by Crippen LogP contribution is 2.25. The first kappa shape index (κ1) is 20.2. The van der Waals surface area contributed by atoms with Crippen LogP contribution in [0.4, 0.5) is 5.95 Å². The van der Waals surface area contributed by atoms with Crippen molar-refractivity contribution in [2.45, 2.75) is 40.3 Å². The van der Waals surface area contributed by atoms with Crippen molar-refractivity contribution in [2.75, 3.05) is 5.32 Å². The van der Waals surface area contributed by atoms with E-state index >= 15 is 0 Å². The van der Waals surface area contributed by atoms with Crippen LogP contribution < -0.4 is 10.1 Å². The number of rotatable bonds is 7. The molecule has 4 aromatic rings. The van der Waals surface area contributed by atoms with Crippen molar-refractivity contribution in [1.29, 1.82) is 0 Å². The summed E-state index contributed by atoms with van der Waals surface area (Å²) in [6.07, 6.45) is 0.960. The van der Waals surface area contributed by atoms with E-state index < -0.39 is 0 Å². The normalized spacial score (nSPS) is 11.0. The van der Waals surface area contributed by atoms with Crippen LogP contribution in [0.25, 0.3) is 11.0 Å². The molecule has 1 amide bonds. The second-order valence-electron chi connectivity index (χ2n) is 7.36. The number of carbonyl (C=O) groups excluding carboxylic acids is 1. The van der Waals surface area contributed by atoms with Gasteiger partial charge in [0.25, 0.3) is 5.91 Å². The number of anilines is 1. The summed E-state index contributed by atoms with van der Waals surface area (Å²) < 4.78 is 8.08. The number of nitrogens with one attached hydrogen (secondary N) is 1. The second-order valence-corrected chi connectivity index (χ2v) is 8.27. The SMILES string of the molecule is CCCn1c(NC(=O)c2cc(COc3c(C)cccc3C)cs2)nc2ccccc21. The van der Waals surface area contributed by atoms with Gasteiger partial charge in [0.15, 0.2) is 0 Å². The summed E-state index contributed by atoms with van der Waals surface area (Å²) in [5, 5.41) is 4.96. The molecule has 1 N–H and O–H groups in total. The first-order valence-corrected chi connectivity index (χ1v) is 11.0. The highest BCUT2D eigenvalue weighted by Gasteiger charge is 2.16. The fourth-order valence-electron chi connectivity index (χ4n) is 3.54. The van der Waals surface area contributed by atoms with Gasteiger partial charge < -0.3 is 9.30 Å². The molecular weight excluding hydrogens is 394 g/mol. The summed E-state index contributed by atoms with van der Waals surface area (Å²) in [5.74, 6) is 1.35. The van der Waals surface area contributed by atoms with Crippen molar-refractivity contribution in [1.82, 2.24) is 9.55 Å². The fourth-order valence-corrected chi connectivity index (χ4v) is 4.33. The third kappa shape index (κ3) is 4.09. The zero-order chi connectivity index (χ0) is 21.1. The third-order valence-corrected chi connectivity index (χ3v) is 5.97. The molecule has 0 unspecified atom stereocenters. The van der Waals surface area contributed by atoms with Gasteiger partial charge in [-0.2, -0.15) is 0 Å². The van der Waals surface area contributed by atoms with Crippen molar-refractivity contribution in [3.63, 3.8) is 0 Å².